The zero-order valence-corrected chi connectivity index (χ0v) is 12.3. The third-order valence-corrected chi connectivity index (χ3v) is 3.34. The zero-order chi connectivity index (χ0) is 18.0. The summed E-state index contributed by atoms with van der Waals surface area (Å²) >= 11 is 0. The molecule has 1 heterocycles. The molecular weight excluding hydrogens is 335 g/mol. The SMILES string of the molecule is CC(NC(=O)Nc1cnn(C(F)F)c1)(c1ccccc1)C(F)(F)F. The molecule has 1 atom stereocenters. The summed E-state index contributed by atoms with van der Waals surface area (Å²) in [6.45, 7) is -2.11. The van der Waals surface area contributed by atoms with E-state index in [4.69, 9.17) is 0 Å². The van der Waals surface area contributed by atoms with Crippen molar-refractivity contribution in [2.45, 2.75) is 25.2 Å². The maximum atomic E-state index is 13.4. The molecule has 0 aliphatic rings. The van der Waals surface area contributed by atoms with Gasteiger partial charge >= 0.3 is 18.8 Å². The Morgan fingerprint density at radius 1 is 1.21 bits per heavy atom. The first-order valence-electron chi connectivity index (χ1n) is 6.67. The number of hydrogen-bond acceptors (Lipinski definition) is 2. The van der Waals surface area contributed by atoms with Crippen LogP contribution in [-0.4, -0.2) is 22.0 Å². The van der Waals surface area contributed by atoms with Crippen molar-refractivity contribution in [2.75, 3.05) is 5.32 Å². The van der Waals surface area contributed by atoms with E-state index in [1.54, 1.807) is 6.07 Å². The van der Waals surface area contributed by atoms with Gasteiger partial charge in [-0.1, -0.05) is 30.3 Å². The summed E-state index contributed by atoms with van der Waals surface area (Å²) in [5.41, 5.74) is -2.99. The molecule has 1 unspecified atom stereocenters. The molecule has 0 aliphatic carbocycles. The molecule has 0 fully saturated rings. The summed E-state index contributed by atoms with van der Waals surface area (Å²) in [6.07, 6.45) is -3.07. The molecule has 0 radical (unpaired) electrons. The maximum absolute atomic E-state index is 13.4. The summed E-state index contributed by atoms with van der Waals surface area (Å²) < 4.78 is 65.4. The largest absolute Gasteiger partial charge is 0.415 e. The predicted molar refractivity (Wildman–Crippen MR) is 75.5 cm³/mol. The van der Waals surface area contributed by atoms with Crippen molar-refractivity contribution in [3.8, 4) is 0 Å². The first kappa shape index (κ1) is 17.7. The second kappa shape index (κ2) is 6.46. The number of nitrogens with zero attached hydrogens (tertiary/aromatic N) is 2. The van der Waals surface area contributed by atoms with Crippen molar-refractivity contribution >= 4 is 11.7 Å². The Bertz CT molecular complexity index is 701. The van der Waals surface area contributed by atoms with E-state index < -0.39 is 24.3 Å². The van der Waals surface area contributed by atoms with E-state index in [1.165, 1.54) is 24.3 Å². The van der Waals surface area contributed by atoms with E-state index in [1.807, 2.05) is 10.6 Å². The van der Waals surface area contributed by atoms with Crippen molar-refractivity contribution < 1.29 is 26.7 Å². The summed E-state index contributed by atoms with van der Waals surface area (Å²) in [5.74, 6) is 0. The summed E-state index contributed by atoms with van der Waals surface area (Å²) in [4.78, 5) is 11.9. The van der Waals surface area contributed by atoms with E-state index in [9.17, 15) is 26.7 Å². The topological polar surface area (TPSA) is 59.0 Å². The van der Waals surface area contributed by atoms with Crippen LogP contribution in [0.4, 0.5) is 32.4 Å². The van der Waals surface area contributed by atoms with Gasteiger partial charge in [-0.3, -0.25) is 0 Å². The minimum atomic E-state index is -4.78. The van der Waals surface area contributed by atoms with Crippen LogP contribution in [0.2, 0.25) is 0 Å². The van der Waals surface area contributed by atoms with Crippen LogP contribution in [0.1, 0.15) is 19.0 Å². The average Bonchev–Trinajstić information content (AvgIpc) is 2.95. The van der Waals surface area contributed by atoms with Crippen molar-refractivity contribution in [3.05, 3.63) is 48.3 Å². The van der Waals surface area contributed by atoms with Crippen molar-refractivity contribution in [2.24, 2.45) is 0 Å². The normalized spacial score (nSPS) is 14.3. The highest BCUT2D eigenvalue weighted by molar-refractivity contribution is 5.89. The standard InChI is InChI=1S/C14H13F5N4O/c1-13(14(17,18)19,9-5-3-2-4-6-9)22-12(24)21-10-7-20-23(8-10)11(15)16/h2-8,11H,1H3,(H2,21,22,24). The van der Waals surface area contributed by atoms with Crippen molar-refractivity contribution in [3.63, 3.8) is 0 Å². The molecule has 1 aromatic carbocycles. The molecule has 24 heavy (non-hydrogen) atoms. The third kappa shape index (κ3) is 3.63. The molecule has 0 saturated heterocycles. The fourth-order valence-electron chi connectivity index (χ4n) is 1.98. The van der Waals surface area contributed by atoms with Gasteiger partial charge in [-0.15, -0.1) is 0 Å². The maximum Gasteiger partial charge on any atom is 0.415 e. The molecule has 0 aliphatic heterocycles. The Morgan fingerprint density at radius 3 is 2.33 bits per heavy atom. The molecule has 130 valence electrons. The number of carbonyl (C=O) groups is 1. The summed E-state index contributed by atoms with van der Waals surface area (Å²) in [6, 6.07) is 5.61. The number of alkyl halides is 5. The monoisotopic (exact) mass is 348 g/mol. The van der Waals surface area contributed by atoms with Gasteiger partial charge in [0.25, 0.3) is 0 Å². The Morgan fingerprint density at radius 2 is 1.83 bits per heavy atom. The van der Waals surface area contributed by atoms with Crippen LogP contribution in [0.3, 0.4) is 0 Å². The van der Waals surface area contributed by atoms with Crippen LogP contribution in [0.25, 0.3) is 0 Å². The molecule has 2 aromatic rings. The smallest absolute Gasteiger partial charge is 0.320 e. The van der Waals surface area contributed by atoms with Gasteiger partial charge in [0.05, 0.1) is 18.1 Å². The van der Waals surface area contributed by atoms with Gasteiger partial charge in [-0.05, 0) is 12.5 Å². The lowest BCUT2D eigenvalue weighted by Crippen LogP contribution is -2.55. The number of halogens is 5. The minimum absolute atomic E-state index is 0.162. The fraction of sp³-hybridized carbons (Fsp3) is 0.286. The van der Waals surface area contributed by atoms with Crippen LogP contribution in [-0.2, 0) is 5.54 Å². The highest BCUT2D eigenvalue weighted by Crippen LogP contribution is 2.38. The number of hydrogen-bond donors (Lipinski definition) is 2. The molecule has 0 bridgehead atoms. The lowest BCUT2D eigenvalue weighted by Gasteiger charge is -2.33. The van der Waals surface area contributed by atoms with E-state index in [0.717, 1.165) is 19.3 Å². The molecular formula is C14H13F5N4O. The Balaban J connectivity index is 2.19. The van der Waals surface area contributed by atoms with Crippen LogP contribution >= 0.6 is 0 Å². The highest BCUT2D eigenvalue weighted by atomic mass is 19.4. The summed E-state index contributed by atoms with van der Waals surface area (Å²) in [7, 11) is 0. The van der Waals surface area contributed by atoms with Gasteiger partial charge in [0, 0.05) is 0 Å². The number of benzene rings is 1. The lowest BCUT2D eigenvalue weighted by atomic mass is 9.91. The minimum Gasteiger partial charge on any atom is -0.320 e. The molecule has 0 spiro atoms. The third-order valence-electron chi connectivity index (χ3n) is 3.34. The van der Waals surface area contributed by atoms with Crippen LogP contribution < -0.4 is 10.6 Å². The van der Waals surface area contributed by atoms with E-state index in [0.29, 0.717) is 0 Å². The number of amides is 2. The number of urea groups is 1. The Kier molecular flexibility index (Phi) is 4.76. The van der Waals surface area contributed by atoms with Crippen molar-refractivity contribution in [1.82, 2.24) is 15.1 Å². The number of rotatable bonds is 4. The lowest BCUT2D eigenvalue weighted by molar-refractivity contribution is -0.191. The van der Waals surface area contributed by atoms with E-state index >= 15 is 0 Å². The van der Waals surface area contributed by atoms with Gasteiger partial charge in [0.15, 0.2) is 5.54 Å². The molecule has 10 heteroatoms. The van der Waals surface area contributed by atoms with Crippen LogP contribution in [0, 0.1) is 0 Å². The van der Waals surface area contributed by atoms with Crippen LogP contribution in [0.5, 0.6) is 0 Å². The van der Waals surface area contributed by atoms with Crippen molar-refractivity contribution in [1.29, 1.82) is 0 Å². The van der Waals surface area contributed by atoms with E-state index in [-0.39, 0.29) is 15.9 Å². The molecule has 2 rings (SSSR count). The van der Waals surface area contributed by atoms with Gasteiger partial charge in [-0.2, -0.15) is 27.1 Å². The second-order valence-corrected chi connectivity index (χ2v) is 5.05. The molecule has 1 aromatic heterocycles. The molecule has 2 amide bonds. The number of aromatic nitrogens is 2. The Labute approximate surface area is 133 Å². The van der Waals surface area contributed by atoms with Crippen LogP contribution in [0.15, 0.2) is 42.7 Å². The molecule has 5 nitrogen and oxygen atoms in total. The Hall–Kier alpha value is -2.65. The average molecular weight is 348 g/mol. The number of anilines is 1. The molecule has 0 saturated carbocycles. The fourth-order valence-corrected chi connectivity index (χ4v) is 1.98. The van der Waals surface area contributed by atoms with Gasteiger partial charge in [0.1, 0.15) is 0 Å². The first-order valence-corrected chi connectivity index (χ1v) is 6.67. The zero-order valence-electron chi connectivity index (χ0n) is 12.3. The quantitative estimate of drug-likeness (QED) is 0.824. The number of carbonyl (C=O) groups excluding carboxylic acids is 1. The second-order valence-electron chi connectivity index (χ2n) is 5.05. The van der Waals surface area contributed by atoms with Gasteiger partial charge < -0.3 is 10.6 Å². The van der Waals surface area contributed by atoms with E-state index in [2.05, 4.69) is 5.10 Å². The first-order chi connectivity index (χ1) is 11.1. The van der Waals surface area contributed by atoms with Gasteiger partial charge in [0.2, 0.25) is 0 Å². The molecule has 2 N–H and O–H groups in total. The van der Waals surface area contributed by atoms with Gasteiger partial charge in [-0.25, -0.2) is 9.48 Å². The number of nitrogens with one attached hydrogen (secondary N) is 2. The predicted octanol–water partition coefficient (Wildman–Crippen LogP) is 3.88. The summed E-state index contributed by atoms with van der Waals surface area (Å²) in [5, 5.41) is 7.16. The highest BCUT2D eigenvalue weighted by Gasteiger charge is 2.53.